The number of carbonyl (C=O) groups is 1. The molecule has 0 atom stereocenters. The number of pyridine rings is 1. The average Bonchev–Trinajstić information content (AvgIpc) is 3.25. The molecule has 0 saturated carbocycles. The molecule has 1 aliphatic rings. The number of halogens is 1. The van der Waals surface area contributed by atoms with Crippen molar-refractivity contribution >= 4 is 23.7 Å². The highest BCUT2D eigenvalue weighted by Gasteiger charge is 2.16. The summed E-state index contributed by atoms with van der Waals surface area (Å²) in [5, 5.41) is 4.19. The van der Waals surface area contributed by atoms with Crippen molar-refractivity contribution in [2.24, 2.45) is 5.10 Å². The Labute approximate surface area is 166 Å². The lowest BCUT2D eigenvalue weighted by atomic mass is 10.2. The first-order valence-corrected chi connectivity index (χ1v) is 8.95. The number of aromatic nitrogens is 2. The van der Waals surface area contributed by atoms with Crippen LogP contribution in [0.5, 0.6) is 11.5 Å². The van der Waals surface area contributed by atoms with Crippen LogP contribution in [0.4, 0.5) is 0 Å². The van der Waals surface area contributed by atoms with Gasteiger partial charge in [-0.25, -0.2) is 10.4 Å². The van der Waals surface area contributed by atoms with E-state index in [1.807, 2.05) is 38.1 Å². The second-order valence-corrected chi connectivity index (χ2v) is 6.60. The summed E-state index contributed by atoms with van der Waals surface area (Å²) in [5.74, 6) is 1.05. The number of fused-ring (bicyclic) bond motifs is 1. The SMILES string of the molecule is Cc1cc(/C=N\NC(=O)c2cccnc2Cl)c(C)n1-c1ccc2c(c1)OCO2. The van der Waals surface area contributed by atoms with E-state index in [-0.39, 0.29) is 17.5 Å². The quantitative estimate of drug-likeness (QED) is 0.415. The van der Waals surface area contributed by atoms with Crippen LogP contribution in [-0.4, -0.2) is 28.5 Å². The monoisotopic (exact) mass is 396 g/mol. The number of benzene rings is 1. The lowest BCUT2D eigenvalue weighted by Crippen LogP contribution is -2.18. The molecule has 1 amide bonds. The van der Waals surface area contributed by atoms with Gasteiger partial charge in [0.15, 0.2) is 11.5 Å². The molecular formula is C20H17ClN4O3. The second-order valence-electron chi connectivity index (χ2n) is 6.24. The fraction of sp³-hybridized carbons (Fsp3) is 0.150. The van der Waals surface area contributed by atoms with Crippen LogP contribution < -0.4 is 14.9 Å². The molecule has 0 bridgehead atoms. The van der Waals surface area contributed by atoms with E-state index in [4.69, 9.17) is 21.1 Å². The van der Waals surface area contributed by atoms with Gasteiger partial charge in [0.2, 0.25) is 6.79 Å². The number of nitrogens with zero attached hydrogens (tertiary/aromatic N) is 3. The zero-order valence-electron chi connectivity index (χ0n) is 15.3. The molecule has 8 heteroatoms. The predicted octanol–water partition coefficient (Wildman–Crippen LogP) is 3.64. The van der Waals surface area contributed by atoms with Crippen LogP contribution in [0.15, 0.2) is 47.7 Å². The Hall–Kier alpha value is -3.32. The van der Waals surface area contributed by atoms with Gasteiger partial charge >= 0.3 is 0 Å². The van der Waals surface area contributed by atoms with Crippen LogP contribution in [-0.2, 0) is 0 Å². The van der Waals surface area contributed by atoms with E-state index in [1.165, 1.54) is 6.20 Å². The highest BCUT2D eigenvalue weighted by atomic mass is 35.5. The molecular weight excluding hydrogens is 380 g/mol. The molecule has 0 radical (unpaired) electrons. The van der Waals surface area contributed by atoms with Crippen LogP contribution in [0.3, 0.4) is 0 Å². The van der Waals surface area contributed by atoms with Gasteiger partial charge in [0.25, 0.3) is 5.91 Å². The first-order chi connectivity index (χ1) is 13.5. The number of ether oxygens (including phenoxy) is 2. The molecule has 3 heterocycles. The first-order valence-electron chi connectivity index (χ1n) is 8.57. The summed E-state index contributed by atoms with van der Waals surface area (Å²) in [5.41, 5.74) is 6.60. The summed E-state index contributed by atoms with van der Waals surface area (Å²) in [6, 6.07) is 11.0. The minimum atomic E-state index is -0.418. The summed E-state index contributed by atoms with van der Waals surface area (Å²) >= 11 is 5.93. The molecule has 28 heavy (non-hydrogen) atoms. The molecule has 2 aromatic heterocycles. The number of hydrazone groups is 1. The zero-order chi connectivity index (χ0) is 19.7. The van der Waals surface area contributed by atoms with Gasteiger partial charge in [0, 0.05) is 34.9 Å². The molecule has 0 saturated heterocycles. The smallest absolute Gasteiger partial charge is 0.274 e. The van der Waals surface area contributed by atoms with Crippen LogP contribution in [0.25, 0.3) is 5.69 Å². The molecule has 0 spiro atoms. The standard InChI is InChI=1S/C20H17ClN4O3/c1-12-8-14(10-23-24-20(26)16-4-3-7-22-19(16)21)13(2)25(12)15-5-6-17-18(9-15)28-11-27-17/h3-10H,11H2,1-2H3,(H,24,26)/b23-10-. The summed E-state index contributed by atoms with van der Waals surface area (Å²) in [6.45, 7) is 4.22. The number of nitrogens with one attached hydrogen (secondary N) is 1. The van der Waals surface area contributed by atoms with E-state index in [1.54, 1.807) is 18.3 Å². The van der Waals surface area contributed by atoms with Crippen LogP contribution in [0.2, 0.25) is 5.15 Å². The molecule has 0 aliphatic carbocycles. The van der Waals surface area contributed by atoms with E-state index in [2.05, 4.69) is 20.1 Å². The van der Waals surface area contributed by atoms with Crippen molar-refractivity contribution in [1.29, 1.82) is 0 Å². The molecule has 142 valence electrons. The van der Waals surface area contributed by atoms with Crippen molar-refractivity contribution in [3.05, 3.63) is 70.3 Å². The number of rotatable bonds is 4. The van der Waals surface area contributed by atoms with E-state index in [0.717, 1.165) is 34.1 Å². The lowest BCUT2D eigenvalue weighted by molar-refractivity contribution is 0.0955. The Morgan fingerprint density at radius 2 is 2.07 bits per heavy atom. The van der Waals surface area contributed by atoms with E-state index in [0.29, 0.717) is 0 Å². The molecule has 1 aromatic carbocycles. The van der Waals surface area contributed by atoms with Gasteiger partial charge in [-0.1, -0.05) is 11.6 Å². The second kappa shape index (κ2) is 7.36. The number of aryl methyl sites for hydroxylation is 1. The summed E-state index contributed by atoms with van der Waals surface area (Å²) in [7, 11) is 0. The molecule has 7 nitrogen and oxygen atoms in total. The van der Waals surface area contributed by atoms with Crippen molar-refractivity contribution in [3.63, 3.8) is 0 Å². The largest absolute Gasteiger partial charge is 0.454 e. The highest BCUT2D eigenvalue weighted by molar-refractivity contribution is 6.32. The minimum Gasteiger partial charge on any atom is -0.454 e. The van der Waals surface area contributed by atoms with Crippen molar-refractivity contribution in [2.75, 3.05) is 6.79 Å². The zero-order valence-corrected chi connectivity index (χ0v) is 16.0. The maximum atomic E-state index is 12.2. The predicted molar refractivity (Wildman–Crippen MR) is 106 cm³/mol. The molecule has 1 N–H and O–H groups in total. The van der Waals surface area contributed by atoms with Crippen molar-refractivity contribution < 1.29 is 14.3 Å². The average molecular weight is 397 g/mol. The maximum Gasteiger partial charge on any atom is 0.274 e. The number of carbonyl (C=O) groups excluding carboxylic acids is 1. The fourth-order valence-electron chi connectivity index (χ4n) is 3.12. The highest BCUT2D eigenvalue weighted by Crippen LogP contribution is 2.34. The Balaban J connectivity index is 1.55. The van der Waals surface area contributed by atoms with Gasteiger partial charge in [-0.05, 0) is 44.2 Å². The third kappa shape index (κ3) is 3.32. The normalized spacial score (nSPS) is 12.5. The summed E-state index contributed by atoms with van der Waals surface area (Å²) in [6.07, 6.45) is 3.13. The van der Waals surface area contributed by atoms with Crippen molar-refractivity contribution in [1.82, 2.24) is 15.0 Å². The van der Waals surface area contributed by atoms with Crippen LogP contribution in [0.1, 0.15) is 27.3 Å². The van der Waals surface area contributed by atoms with Crippen molar-refractivity contribution in [2.45, 2.75) is 13.8 Å². The number of hydrogen-bond donors (Lipinski definition) is 1. The van der Waals surface area contributed by atoms with Gasteiger partial charge < -0.3 is 14.0 Å². The topological polar surface area (TPSA) is 77.7 Å². The lowest BCUT2D eigenvalue weighted by Gasteiger charge is -2.10. The van der Waals surface area contributed by atoms with E-state index >= 15 is 0 Å². The Kier molecular flexibility index (Phi) is 4.75. The summed E-state index contributed by atoms with van der Waals surface area (Å²) in [4.78, 5) is 16.0. The minimum absolute atomic E-state index is 0.135. The molecule has 4 rings (SSSR count). The Morgan fingerprint density at radius 3 is 2.89 bits per heavy atom. The Morgan fingerprint density at radius 1 is 1.25 bits per heavy atom. The Bertz CT molecular complexity index is 1090. The van der Waals surface area contributed by atoms with Crippen LogP contribution >= 0.6 is 11.6 Å². The third-order valence-corrected chi connectivity index (χ3v) is 4.76. The molecule has 1 aliphatic heterocycles. The number of amides is 1. The van der Waals surface area contributed by atoms with E-state index in [9.17, 15) is 4.79 Å². The van der Waals surface area contributed by atoms with Gasteiger partial charge in [-0.2, -0.15) is 5.10 Å². The van der Waals surface area contributed by atoms with Crippen LogP contribution in [0, 0.1) is 13.8 Å². The summed E-state index contributed by atoms with van der Waals surface area (Å²) < 4.78 is 12.9. The molecule has 0 fully saturated rings. The fourth-order valence-corrected chi connectivity index (χ4v) is 3.32. The molecule has 3 aromatic rings. The van der Waals surface area contributed by atoms with Gasteiger partial charge in [0.1, 0.15) is 5.15 Å². The first kappa shape index (κ1) is 18.1. The van der Waals surface area contributed by atoms with Gasteiger partial charge in [-0.15, -0.1) is 0 Å². The maximum absolute atomic E-state index is 12.2. The molecule has 0 unspecified atom stereocenters. The van der Waals surface area contributed by atoms with E-state index < -0.39 is 5.91 Å². The number of hydrogen-bond acceptors (Lipinski definition) is 5. The van der Waals surface area contributed by atoms with Gasteiger partial charge in [0.05, 0.1) is 11.8 Å². The van der Waals surface area contributed by atoms with Crippen molar-refractivity contribution in [3.8, 4) is 17.2 Å². The van der Waals surface area contributed by atoms with Gasteiger partial charge in [-0.3, -0.25) is 4.79 Å². The third-order valence-electron chi connectivity index (χ3n) is 4.46.